The number of carbonyl (C=O) groups is 1. The lowest BCUT2D eigenvalue weighted by molar-refractivity contribution is -0.141. The minimum atomic E-state index is -0.285. The zero-order chi connectivity index (χ0) is 19.9. The lowest BCUT2D eigenvalue weighted by Gasteiger charge is -2.20. The van der Waals surface area contributed by atoms with Gasteiger partial charge >= 0.3 is 5.97 Å². The number of hydrogen-bond donors (Lipinski definition) is 1. The van der Waals surface area contributed by atoms with E-state index in [1.54, 1.807) is 0 Å². The normalized spacial score (nSPS) is 28.2. The molecule has 2 aliphatic carbocycles. The molecule has 148 valence electrons. The van der Waals surface area contributed by atoms with Crippen molar-refractivity contribution in [1.82, 2.24) is 0 Å². The second kappa shape index (κ2) is 7.36. The third kappa shape index (κ3) is 3.72. The van der Waals surface area contributed by atoms with Crippen LogP contribution in [0.4, 0.5) is 0 Å². The second-order valence-corrected chi connectivity index (χ2v) is 8.92. The van der Waals surface area contributed by atoms with Crippen molar-refractivity contribution >= 4 is 18.6 Å². The van der Waals surface area contributed by atoms with E-state index in [1.807, 2.05) is 18.2 Å². The quantitative estimate of drug-likeness (QED) is 0.586. The maximum atomic E-state index is 11.6. The highest BCUT2D eigenvalue weighted by atomic mass is 32.1. The maximum absolute atomic E-state index is 11.6. The van der Waals surface area contributed by atoms with Crippen molar-refractivity contribution in [1.29, 1.82) is 0 Å². The standard InChI is InChI=1S/C23H26O4S/c1-14-8-9-23(2,28)12-19-17(14)6-7-20(19)27-16-4-5-18-15(10-22(24)25-3)13-26-21(18)11-16/h4-5,8-9,11-12,15,20,28H,6-7,10,13H2,1-3H3. The molecule has 5 heteroatoms. The summed E-state index contributed by atoms with van der Waals surface area (Å²) in [5, 5.41) is 0. The zero-order valence-electron chi connectivity index (χ0n) is 16.5. The van der Waals surface area contributed by atoms with Crippen LogP contribution in [0.25, 0.3) is 0 Å². The molecule has 4 rings (SSSR count). The van der Waals surface area contributed by atoms with Gasteiger partial charge in [-0.25, -0.2) is 0 Å². The molecule has 3 atom stereocenters. The van der Waals surface area contributed by atoms with E-state index in [0.29, 0.717) is 13.0 Å². The number of benzene rings is 1. The van der Waals surface area contributed by atoms with Gasteiger partial charge in [-0.3, -0.25) is 4.79 Å². The van der Waals surface area contributed by atoms with E-state index < -0.39 is 0 Å². The monoisotopic (exact) mass is 398 g/mol. The zero-order valence-corrected chi connectivity index (χ0v) is 17.4. The number of thiol groups is 1. The number of esters is 1. The summed E-state index contributed by atoms with van der Waals surface area (Å²) in [5.41, 5.74) is 4.94. The molecule has 0 spiro atoms. The molecule has 1 aliphatic heterocycles. The van der Waals surface area contributed by atoms with Crippen LogP contribution in [0, 0.1) is 0 Å². The van der Waals surface area contributed by atoms with Crippen molar-refractivity contribution in [2.24, 2.45) is 0 Å². The van der Waals surface area contributed by atoms with E-state index in [2.05, 4.69) is 32.1 Å². The Labute approximate surface area is 171 Å². The molecular weight excluding hydrogens is 372 g/mol. The first-order valence-electron chi connectivity index (χ1n) is 9.71. The number of methoxy groups -OCH3 is 1. The van der Waals surface area contributed by atoms with Gasteiger partial charge in [0.25, 0.3) is 0 Å². The van der Waals surface area contributed by atoms with Gasteiger partial charge in [-0.2, -0.15) is 12.6 Å². The third-order valence-corrected chi connectivity index (χ3v) is 6.01. The second-order valence-electron chi connectivity index (χ2n) is 7.95. The number of fused-ring (bicyclic) bond motifs is 2. The van der Waals surface area contributed by atoms with Crippen LogP contribution in [0.5, 0.6) is 11.5 Å². The van der Waals surface area contributed by atoms with Crippen LogP contribution in [-0.2, 0) is 9.53 Å². The van der Waals surface area contributed by atoms with Gasteiger partial charge in [-0.1, -0.05) is 24.3 Å². The molecule has 4 nitrogen and oxygen atoms in total. The molecule has 1 fully saturated rings. The fraction of sp³-hybridized carbons (Fsp3) is 0.435. The Balaban J connectivity index is 1.54. The van der Waals surface area contributed by atoms with Gasteiger partial charge < -0.3 is 14.2 Å². The van der Waals surface area contributed by atoms with Gasteiger partial charge in [-0.05, 0) is 49.5 Å². The first-order valence-corrected chi connectivity index (χ1v) is 10.2. The molecule has 0 aromatic heterocycles. The van der Waals surface area contributed by atoms with E-state index >= 15 is 0 Å². The maximum Gasteiger partial charge on any atom is 0.306 e. The fourth-order valence-corrected chi connectivity index (χ4v) is 4.42. The molecule has 0 radical (unpaired) electrons. The first kappa shape index (κ1) is 19.2. The molecule has 1 aromatic carbocycles. The summed E-state index contributed by atoms with van der Waals surface area (Å²) in [4.78, 5) is 11.6. The van der Waals surface area contributed by atoms with Crippen LogP contribution < -0.4 is 9.47 Å². The van der Waals surface area contributed by atoms with Crippen molar-refractivity contribution in [2.45, 2.75) is 49.9 Å². The summed E-state index contributed by atoms with van der Waals surface area (Å²) < 4.78 is 16.7. The van der Waals surface area contributed by atoms with E-state index in [0.717, 1.165) is 29.9 Å². The molecule has 1 saturated carbocycles. The predicted octanol–water partition coefficient (Wildman–Crippen LogP) is 4.77. The Morgan fingerprint density at radius 2 is 2.21 bits per heavy atom. The van der Waals surface area contributed by atoms with E-state index in [-0.39, 0.29) is 22.7 Å². The van der Waals surface area contributed by atoms with E-state index in [9.17, 15) is 4.79 Å². The molecule has 3 aliphatic rings. The molecule has 28 heavy (non-hydrogen) atoms. The summed E-state index contributed by atoms with van der Waals surface area (Å²) in [5.74, 6) is 1.42. The Hall–Kier alpha value is -2.14. The van der Waals surface area contributed by atoms with E-state index in [4.69, 9.17) is 26.8 Å². The molecule has 3 unspecified atom stereocenters. The average Bonchev–Trinajstić information content (AvgIpc) is 3.20. The van der Waals surface area contributed by atoms with Crippen LogP contribution in [0.3, 0.4) is 0 Å². The molecule has 1 heterocycles. The summed E-state index contributed by atoms with van der Waals surface area (Å²) in [6, 6.07) is 5.92. The summed E-state index contributed by atoms with van der Waals surface area (Å²) >= 11 is 4.77. The van der Waals surface area contributed by atoms with Gasteiger partial charge in [0.15, 0.2) is 0 Å². The van der Waals surface area contributed by atoms with Crippen molar-refractivity contribution in [3.8, 4) is 11.5 Å². The summed E-state index contributed by atoms with van der Waals surface area (Å²) in [6.07, 6.45) is 8.83. The smallest absolute Gasteiger partial charge is 0.306 e. The largest absolute Gasteiger partial charge is 0.492 e. The highest BCUT2D eigenvalue weighted by Gasteiger charge is 2.33. The molecule has 0 saturated heterocycles. The summed E-state index contributed by atoms with van der Waals surface area (Å²) in [6.45, 7) is 4.75. The number of ether oxygens (including phenoxy) is 3. The lowest BCUT2D eigenvalue weighted by Crippen LogP contribution is -2.18. The number of hydrogen-bond acceptors (Lipinski definition) is 5. The Morgan fingerprint density at radius 1 is 1.39 bits per heavy atom. The van der Waals surface area contributed by atoms with Gasteiger partial charge in [0, 0.05) is 22.3 Å². The van der Waals surface area contributed by atoms with Crippen LogP contribution in [-0.4, -0.2) is 30.5 Å². The van der Waals surface area contributed by atoms with Crippen molar-refractivity contribution in [3.63, 3.8) is 0 Å². The van der Waals surface area contributed by atoms with Crippen LogP contribution >= 0.6 is 12.6 Å². The molecule has 0 bridgehead atoms. The topological polar surface area (TPSA) is 44.8 Å². The fourth-order valence-electron chi connectivity index (χ4n) is 4.20. The lowest BCUT2D eigenvalue weighted by atomic mass is 9.98. The highest BCUT2D eigenvalue weighted by Crippen LogP contribution is 2.42. The molecule has 0 amide bonds. The third-order valence-electron chi connectivity index (χ3n) is 5.73. The SMILES string of the molecule is COC(=O)CC1COc2cc(OC3CCC4=C(C)C=CC(C)(S)C=C43)ccc21. The minimum Gasteiger partial charge on any atom is -0.492 e. The van der Waals surface area contributed by atoms with Crippen LogP contribution in [0.1, 0.15) is 44.6 Å². The number of carbonyl (C=O) groups excluding carboxylic acids is 1. The minimum absolute atomic E-state index is 0.0154. The Morgan fingerprint density at radius 3 is 3.00 bits per heavy atom. The van der Waals surface area contributed by atoms with Crippen molar-refractivity contribution in [3.05, 3.63) is 58.7 Å². The van der Waals surface area contributed by atoms with Gasteiger partial charge in [-0.15, -0.1) is 0 Å². The van der Waals surface area contributed by atoms with Crippen molar-refractivity contribution < 1.29 is 19.0 Å². The molecular formula is C23H26O4S. The van der Waals surface area contributed by atoms with Crippen LogP contribution in [0.15, 0.2) is 53.1 Å². The number of allylic oxidation sites excluding steroid dienone is 2. The Bertz CT molecular complexity index is 894. The Kier molecular flexibility index (Phi) is 5.04. The van der Waals surface area contributed by atoms with E-state index in [1.165, 1.54) is 23.8 Å². The first-order chi connectivity index (χ1) is 13.4. The highest BCUT2D eigenvalue weighted by molar-refractivity contribution is 7.82. The molecule has 0 N–H and O–H groups in total. The van der Waals surface area contributed by atoms with Crippen LogP contribution in [0.2, 0.25) is 0 Å². The molecule has 1 aromatic rings. The van der Waals surface area contributed by atoms with Gasteiger partial charge in [0.1, 0.15) is 17.6 Å². The van der Waals surface area contributed by atoms with Crippen molar-refractivity contribution in [2.75, 3.05) is 13.7 Å². The summed E-state index contributed by atoms with van der Waals surface area (Å²) in [7, 11) is 1.41. The average molecular weight is 399 g/mol. The van der Waals surface area contributed by atoms with Gasteiger partial charge in [0.2, 0.25) is 0 Å². The predicted molar refractivity (Wildman–Crippen MR) is 112 cm³/mol. The number of rotatable bonds is 4. The van der Waals surface area contributed by atoms with Gasteiger partial charge in [0.05, 0.1) is 20.1 Å².